The third-order valence-electron chi connectivity index (χ3n) is 4.18. The predicted octanol–water partition coefficient (Wildman–Crippen LogP) is 2.24. The number of aromatic nitrogens is 1. The van der Waals surface area contributed by atoms with E-state index in [4.69, 9.17) is 0 Å². The second-order valence-electron chi connectivity index (χ2n) is 6.75. The molecule has 0 atom stereocenters. The van der Waals surface area contributed by atoms with Crippen LogP contribution in [0.5, 0.6) is 0 Å². The Bertz CT molecular complexity index is 573. The van der Waals surface area contributed by atoms with Crippen LogP contribution in [0, 0.1) is 11.3 Å². The van der Waals surface area contributed by atoms with Crippen molar-refractivity contribution in [1.29, 1.82) is 0 Å². The van der Waals surface area contributed by atoms with Gasteiger partial charge in [0.25, 0.3) is 0 Å². The van der Waals surface area contributed by atoms with E-state index >= 15 is 0 Å². The molecular formula is C15H21N3O2S. The molecule has 21 heavy (non-hydrogen) atoms. The summed E-state index contributed by atoms with van der Waals surface area (Å²) >= 11 is 1.33. The van der Waals surface area contributed by atoms with Crippen molar-refractivity contribution in [2.75, 3.05) is 18.4 Å². The molecule has 1 aromatic heterocycles. The molecule has 0 spiro atoms. The van der Waals surface area contributed by atoms with E-state index in [9.17, 15) is 9.59 Å². The van der Waals surface area contributed by atoms with Gasteiger partial charge in [-0.3, -0.25) is 9.59 Å². The number of hydrogen-bond acceptors (Lipinski definition) is 5. The number of anilines is 1. The lowest BCUT2D eigenvalue weighted by Crippen LogP contribution is -2.34. The van der Waals surface area contributed by atoms with Gasteiger partial charge in [-0.25, -0.2) is 4.98 Å². The fraction of sp³-hybridized carbons (Fsp3) is 0.667. The van der Waals surface area contributed by atoms with Gasteiger partial charge in [0.05, 0.1) is 10.6 Å². The SMILES string of the molecule is CC1(C)CC(=O)c2sc(NC(=O)C3CCNCC3)nc2C1. The van der Waals surface area contributed by atoms with Gasteiger partial charge in [-0.15, -0.1) is 0 Å². The predicted molar refractivity (Wildman–Crippen MR) is 82.8 cm³/mol. The highest BCUT2D eigenvalue weighted by Crippen LogP contribution is 2.38. The fourth-order valence-electron chi connectivity index (χ4n) is 3.07. The highest BCUT2D eigenvalue weighted by atomic mass is 32.1. The van der Waals surface area contributed by atoms with Crippen LogP contribution < -0.4 is 10.6 Å². The summed E-state index contributed by atoms with van der Waals surface area (Å²) in [6.45, 7) is 5.94. The molecule has 1 fully saturated rings. The van der Waals surface area contributed by atoms with Crippen molar-refractivity contribution in [1.82, 2.24) is 10.3 Å². The van der Waals surface area contributed by atoms with Crippen molar-refractivity contribution in [3.05, 3.63) is 10.6 Å². The molecule has 0 saturated carbocycles. The standard InChI is InChI=1S/C15H21N3O2S/c1-15(2)7-10-12(11(19)8-15)21-14(17-10)18-13(20)9-3-5-16-6-4-9/h9,16H,3-8H2,1-2H3,(H,17,18,20). The fourth-order valence-corrected chi connectivity index (χ4v) is 3.99. The zero-order valence-corrected chi connectivity index (χ0v) is 13.3. The number of carbonyl (C=O) groups excluding carboxylic acids is 2. The number of amides is 1. The molecule has 1 aromatic rings. The number of piperidine rings is 1. The third kappa shape index (κ3) is 3.16. The minimum absolute atomic E-state index is 0.0333. The number of nitrogens with one attached hydrogen (secondary N) is 2. The van der Waals surface area contributed by atoms with Crippen LogP contribution in [0.3, 0.4) is 0 Å². The van der Waals surface area contributed by atoms with Gasteiger partial charge in [0.1, 0.15) is 0 Å². The Kier molecular flexibility index (Phi) is 3.84. The van der Waals surface area contributed by atoms with Crippen LogP contribution in [0.4, 0.5) is 5.13 Å². The molecule has 2 N–H and O–H groups in total. The lowest BCUT2D eigenvalue weighted by atomic mass is 9.78. The molecular weight excluding hydrogens is 286 g/mol. The van der Waals surface area contributed by atoms with Gasteiger partial charge >= 0.3 is 0 Å². The minimum Gasteiger partial charge on any atom is -0.317 e. The Morgan fingerprint density at radius 1 is 1.33 bits per heavy atom. The van der Waals surface area contributed by atoms with Crippen molar-refractivity contribution < 1.29 is 9.59 Å². The third-order valence-corrected chi connectivity index (χ3v) is 5.23. The molecule has 3 rings (SSSR count). The van der Waals surface area contributed by atoms with Crippen LogP contribution in [0.2, 0.25) is 0 Å². The maximum absolute atomic E-state index is 12.2. The first-order chi connectivity index (χ1) is 9.94. The van der Waals surface area contributed by atoms with E-state index in [0.29, 0.717) is 11.6 Å². The first-order valence-corrected chi connectivity index (χ1v) is 8.31. The minimum atomic E-state index is -0.0333. The second-order valence-corrected chi connectivity index (χ2v) is 7.75. The zero-order chi connectivity index (χ0) is 15.0. The summed E-state index contributed by atoms with van der Waals surface area (Å²) in [4.78, 5) is 29.6. The summed E-state index contributed by atoms with van der Waals surface area (Å²) in [7, 11) is 0. The van der Waals surface area contributed by atoms with Crippen LogP contribution in [-0.4, -0.2) is 29.8 Å². The maximum atomic E-state index is 12.2. The first-order valence-electron chi connectivity index (χ1n) is 7.49. The number of hydrogen-bond donors (Lipinski definition) is 2. The molecule has 5 nitrogen and oxygen atoms in total. The van der Waals surface area contributed by atoms with E-state index < -0.39 is 0 Å². The highest BCUT2D eigenvalue weighted by Gasteiger charge is 2.34. The van der Waals surface area contributed by atoms with Gasteiger partial charge in [0.15, 0.2) is 10.9 Å². The molecule has 2 aliphatic rings. The summed E-state index contributed by atoms with van der Waals surface area (Å²) in [5.41, 5.74) is 0.816. The largest absolute Gasteiger partial charge is 0.317 e. The zero-order valence-electron chi connectivity index (χ0n) is 12.5. The van der Waals surface area contributed by atoms with Crippen LogP contribution >= 0.6 is 11.3 Å². The Hall–Kier alpha value is -1.27. The molecule has 1 aliphatic carbocycles. The Balaban J connectivity index is 1.73. The summed E-state index contributed by atoms with van der Waals surface area (Å²) in [5, 5.41) is 6.73. The number of ketones is 1. The van der Waals surface area contributed by atoms with E-state index in [1.165, 1.54) is 11.3 Å². The molecule has 1 saturated heterocycles. The molecule has 114 valence electrons. The van der Waals surface area contributed by atoms with Crippen LogP contribution in [-0.2, 0) is 11.2 Å². The van der Waals surface area contributed by atoms with Crippen molar-refractivity contribution in [3.63, 3.8) is 0 Å². The van der Waals surface area contributed by atoms with Crippen molar-refractivity contribution in [3.8, 4) is 0 Å². The van der Waals surface area contributed by atoms with E-state index in [1.54, 1.807) is 0 Å². The Morgan fingerprint density at radius 2 is 2.05 bits per heavy atom. The number of thiazole rings is 1. The molecule has 0 aromatic carbocycles. The van der Waals surface area contributed by atoms with Crippen molar-refractivity contribution in [2.45, 2.75) is 39.5 Å². The molecule has 1 aliphatic heterocycles. The van der Waals surface area contributed by atoms with Gasteiger partial charge in [-0.05, 0) is 37.8 Å². The second kappa shape index (κ2) is 5.50. The average molecular weight is 307 g/mol. The van der Waals surface area contributed by atoms with Crippen molar-refractivity contribution >= 4 is 28.2 Å². The lowest BCUT2D eigenvalue weighted by molar-refractivity contribution is -0.120. The molecule has 6 heteroatoms. The average Bonchev–Trinajstić information content (AvgIpc) is 2.81. The van der Waals surface area contributed by atoms with Gasteiger partial charge in [0.2, 0.25) is 5.91 Å². The van der Waals surface area contributed by atoms with Gasteiger partial charge in [-0.2, -0.15) is 0 Å². The highest BCUT2D eigenvalue weighted by molar-refractivity contribution is 7.17. The van der Waals surface area contributed by atoms with Crippen LogP contribution in [0.15, 0.2) is 0 Å². The quantitative estimate of drug-likeness (QED) is 0.879. The number of carbonyl (C=O) groups is 2. The van der Waals surface area contributed by atoms with E-state index in [0.717, 1.165) is 42.9 Å². The van der Waals surface area contributed by atoms with E-state index in [-0.39, 0.29) is 23.0 Å². The molecule has 1 amide bonds. The van der Waals surface area contributed by atoms with E-state index in [1.807, 2.05) is 0 Å². The first kappa shape index (κ1) is 14.7. The number of Topliss-reactive ketones (excluding diaryl/α,β-unsaturated/α-hetero) is 1. The summed E-state index contributed by atoms with van der Waals surface area (Å²) in [5.74, 6) is 0.245. The number of rotatable bonds is 2. The van der Waals surface area contributed by atoms with Gasteiger partial charge < -0.3 is 10.6 Å². The summed E-state index contributed by atoms with van der Waals surface area (Å²) < 4.78 is 0. The van der Waals surface area contributed by atoms with Crippen LogP contribution in [0.1, 0.15) is 48.5 Å². The Morgan fingerprint density at radius 3 is 2.76 bits per heavy atom. The molecule has 0 unspecified atom stereocenters. The Labute approximate surface area is 128 Å². The topological polar surface area (TPSA) is 71.1 Å². The monoisotopic (exact) mass is 307 g/mol. The van der Waals surface area contributed by atoms with E-state index in [2.05, 4.69) is 29.5 Å². The maximum Gasteiger partial charge on any atom is 0.229 e. The molecule has 2 heterocycles. The van der Waals surface area contributed by atoms with Gasteiger partial charge in [-0.1, -0.05) is 25.2 Å². The number of fused-ring (bicyclic) bond motifs is 1. The summed E-state index contributed by atoms with van der Waals surface area (Å²) in [6, 6.07) is 0. The smallest absolute Gasteiger partial charge is 0.229 e. The summed E-state index contributed by atoms with van der Waals surface area (Å²) in [6.07, 6.45) is 3.09. The lowest BCUT2D eigenvalue weighted by Gasteiger charge is -2.26. The van der Waals surface area contributed by atoms with Crippen LogP contribution in [0.25, 0.3) is 0 Å². The number of nitrogens with zero attached hydrogens (tertiary/aromatic N) is 1. The van der Waals surface area contributed by atoms with Gasteiger partial charge in [0, 0.05) is 12.3 Å². The molecule has 0 bridgehead atoms. The van der Waals surface area contributed by atoms with Crippen molar-refractivity contribution in [2.24, 2.45) is 11.3 Å². The normalized spacial score (nSPS) is 21.9. The molecule has 0 radical (unpaired) electrons.